The molecule has 2 rings (SSSR count). The molecule has 4 nitrogen and oxygen atoms in total. The molecular weight excluding hydrogens is 272 g/mol. The Hall–Kier alpha value is -0.910. The Morgan fingerprint density at radius 1 is 1.60 bits per heavy atom. The lowest BCUT2D eigenvalue weighted by molar-refractivity contribution is -0.122. The maximum Gasteiger partial charge on any atom is 0.234 e. The van der Waals surface area contributed by atoms with Crippen molar-refractivity contribution in [2.75, 3.05) is 19.7 Å². The molecule has 0 aromatic carbocycles. The molecule has 1 aliphatic heterocycles. The molecule has 0 unspecified atom stereocenters. The Morgan fingerprint density at radius 2 is 2.45 bits per heavy atom. The molecule has 2 N–H and O–H groups in total. The van der Waals surface area contributed by atoms with Gasteiger partial charge in [0, 0.05) is 17.5 Å². The predicted octanol–water partition coefficient (Wildman–Crippen LogP) is 1.91. The Morgan fingerprint density at radius 3 is 3.15 bits per heavy atom. The van der Waals surface area contributed by atoms with Crippen molar-refractivity contribution in [1.29, 1.82) is 0 Å². The van der Waals surface area contributed by atoms with E-state index in [-0.39, 0.29) is 12.5 Å². The second-order valence-corrected chi connectivity index (χ2v) is 6.44. The Labute approximate surface area is 124 Å². The summed E-state index contributed by atoms with van der Waals surface area (Å²) in [6.07, 6.45) is 4.13. The normalized spacial score (nSPS) is 19.4. The summed E-state index contributed by atoms with van der Waals surface area (Å²) in [6.45, 7) is 4.44. The van der Waals surface area contributed by atoms with Gasteiger partial charge < -0.3 is 10.4 Å². The summed E-state index contributed by atoms with van der Waals surface area (Å²) in [5.41, 5.74) is 1.25. The first-order chi connectivity index (χ1) is 9.70. The van der Waals surface area contributed by atoms with E-state index in [1.807, 2.05) is 0 Å². The molecule has 112 valence electrons. The van der Waals surface area contributed by atoms with Crippen LogP contribution in [0.1, 0.15) is 36.1 Å². The van der Waals surface area contributed by atoms with Crippen LogP contribution in [0.2, 0.25) is 0 Å². The summed E-state index contributed by atoms with van der Waals surface area (Å²) < 4.78 is 0. The van der Waals surface area contributed by atoms with Gasteiger partial charge in [0.2, 0.25) is 5.91 Å². The van der Waals surface area contributed by atoms with Gasteiger partial charge in [-0.25, -0.2) is 0 Å². The third-order valence-corrected chi connectivity index (χ3v) is 4.98. The van der Waals surface area contributed by atoms with Gasteiger partial charge in [-0.3, -0.25) is 9.69 Å². The highest BCUT2D eigenvalue weighted by atomic mass is 32.1. The van der Waals surface area contributed by atoms with Crippen molar-refractivity contribution >= 4 is 17.2 Å². The van der Waals surface area contributed by atoms with E-state index in [1.165, 1.54) is 10.4 Å². The van der Waals surface area contributed by atoms with Gasteiger partial charge in [-0.1, -0.05) is 0 Å². The number of hydrogen-bond acceptors (Lipinski definition) is 4. The van der Waals surface area contributed by atoms with Crippen LogP contribution in [0.15, 0.2) is 11.4 Å². The van der Waals surface area contributed by atoms with Gasteiger partial charge in [-0.05, 0) is 56.2 Å². The molecule has 1 fully saturated rings. The summed E-state index contributed by atoms with van der Waals surface area (Å²) in [5.74, 6) is 0.105. The van der Waals surface area contributed by atoms with Crippen molar-refractivity contribution in [2.45, 2.75) is 45.2 Å². The molecule has 1 aliphatic rings. The molecule has 1 aromatic rings. The van der Waals surface area contributed by atoms with E-state index in [2.05, 4.69) is 28.6 Å². The zero-order valence-electron chi connectivity index (χ0n) is 12.1. The zero-order chi connectivity index (χ0) is 14.4. The minimum absolute atomic E-state index is 0.105. The number of rotatable bonds is 7. The van der Waals surface area contributed by atoms with Crippen molar-refractivity contribution in [3.8, 4) is 0 Å². The van der Waals surface area contributed by atoms with Crippen molar-refractivity contribution in [1.82, 2.24) is 10.2 Å². The van der Waals surface area contributed by atoms with Gasteiger partial charge in [0.15, 0.2) is 0 Å². The first-order valence-electron chi connectivity index (χ1n) is 7.35. The van der Waals surface area contributed by atoms with Gasteiger partial charge in [0.1, 0.15) is 0 Å². The van der Waals surface area contributed by atoms with E-state index in [4.69, 9.17) is 5.11 Å². The van der Waals surface area contributed by atoms with Gasteiger partial charge in [-0.2, -0.15) is 0 Å². The lowest BCUT2D eigenvalue weighted by Gasteiger charge is -2.23. The number of hydrogen-bond donors (Lipinski definition) is 2. The molecule has 1 atom stereocenters. The van der Waals surface area contributed by atoms with Crippen molar-refractivity contribution in [3.05, 3.63) is 21.9 Å². The van der Waals surface area contributed by atoms with Crippen LogP contribution >= 0.6 is 11.3 Å². The first kappa shape index (κ1) is 15.5. The minimum Gasteiger partial charge on any atom is -0.396 e. The molecule has 20 heavy (non-hydrogen) atoms. The summed E-state index contributed by atoms with van der Waals surface area (Å²) in [4.78, 5) is 15.5. The van der Waals surface area contributed by atoms with E-state index < -0.39 is 0 Å². The van der Waals surface area contributed by atoms with E-state index in [1.54, 1.807) is 11.3 Å². The van der Waals surface area contributed by atoms with Crippen molar-refractivity contribution < 1.29 is 9.90 Å². The molecule has 0 radical (unpaired) electrons. The Bertz CT molecular complexity index is 433. The number of nitrogens with one attached hydrogen (secondary N) is 1. The smallest absolute Gasteiger partial charge is 0.234 e. The van der Waals surface area contributed by atoms with E-state index in [9.17, 15) is 4.79 Å². The van der Waals surface area contributed by atoms with E-state index in [0.29, 0.717) is 19.1 Å². The number of amides is 1. The second-order valence-electron chi connectivity index (χ2n) is 5.44. The number of aryl methyl sites for hydroxylation is 1. The van der Waals surface area contributed by atoms with Crippen LogP contribution in [0.5, 0.6) is 0 Å². The second kappa shape index (κ2) is 7.76. The molecule has 0 aliphatic carbocycles. The molecule has 0 bridgehead atoms. The molecule has 0 saturated carbocycles. The van der Waals surface area contributed by atoms with Crippen LogP contribution in [0.3, 0.4) is 0 Å². The third kappa shape index (κ3) is 4.30. The van der Waals surface area contributed by atoms with Gasteiger partial charge >= 0.3 is 0 Å². The highest BCUT2D eigenvalue weighted by Gasteiger charge is 2.25. The summed E-state index contributed by atoms with van der Waals surface area (Å²) in [7, 11) is 0. The van der Waals surface area contributed by atoms with E-state index >= 15 is 0 Å². The van der Waals surface area contributed by atoms with Crippen LogP contribution in [-0.2, 0) is 11.3 Å². The Kier molecular flexibility index (Phi) is 6.01. The molecule has 5 heteroatoms. The van der Waals surface area contributed by atoms with Crippen molar-refractivity contribution in [3.63, 3.8) is 0 Å². The number of carbonyl (C=O) groups excluding carboxylic acids is 1. The molecule has 1 saturated heterocycles. The number of likely N-dealkylation sites (tertiary alicyclic amines) is 1. The number of carbonyl (C=O) groups is 1. The first-order valence-corrected chi connectivity index (χ1v) is 8.23. The predicted molar refractivity (Wildman–Crippen MR) is 81.8 cm³/mol. The molecule has 2 heterocycles. The number of aliphatic hydroxyl groups is 1. The Balaban J connectivity index is 1.74. The summed E-state index contributed by atoms with van der Waals surface area (Å²) >= 11 is 1.69. The number of aliphatic hydroxyl groups excluding tert-OH is 1. The molecule has 0 spiro atoms. The third-order valence-electron chi connectivity index (χ3n) is 3.96. The standard InChI is InChI=1S/C15H24N2O2S/c1-12-6-9-20-14(12)10-16-15(19)11-17-7-2-4-13(17)5-3-8-18/h6,9,13,18H,2-5,7-8,10-11H2,1H3,(H,16,19)/t13-/m0/s1. The quantitative estimate of drug-likeness (QED) is 0.808. The highest BCUT2D eigenvalue weighted by molar-refractivity contribution is 7.10. The average Bonchev–Trinajstić information content (AvgIpc) is 3.03. The number of nitrogens with zero attached hydrogens (tertiary/aromatic N) is 1. The molecule has 1 amide bonds. The van der Waals surface area contributed by atoms with Gasteiger partial charge in [0.05, 0.1) is 13.1 Å². The van der Waals surface area contributed by atoms with Crippen molar-refractivity contribution in [2.24, 2.45) is 0 Å². The fourth-order valence-electron chi connectivity index (χ4n) is 2.76. The average molecular weight is 296 g/mol. The molecular formula is C15H24N2O2S. The van der Waals surface area contributed by atoms with E-state index in [0.717, 1.165) is 32.2 Å². The largest absolute Gasteiger partial charge is 0.396 e. The topological polar surface area (TPSA) is 52.6 Å². The monoisotopic (exact) mass is 296 g/mol. The zero-order valence-corrected chi connectivity index (χ0v) is 12.9. The van der Waals surface area contributed by atoms with Crippen LogP contribution in [0.4, 0.5) is 0 Å². The SMILES string of the molecule is Cc1ccsc1CNC(=O)CN1CCC[C@H]1CCCO. The fourth-order valence-corrected chi connectivity index (χ4v) is 3.61. The minimum atomic E-state index is 0.105. The van der Waals surface area contributed by atoms with Crippen LogP contribution < -0.4 is 5.32 Å². The lowest BCUT2D eigenvalue weighted by atomic mass is 10.1. The maximum atomic E-state index is 12.0. The number of thiophene rings is 1. The van der Waals surface area contributed by atoms with Gasteiger partial charge in [0.25, 0.3) is 0 Å². The van der Waals surface area contributed by atoms with Crippen LogP contribution in [0, 0.1) is 6.92 Å². The van der Waals surface area contributed by atoms with Gasteiger partial charge in [-0.15, -0.1) is 11.3 Å². The lowest BCUT2D eigenvalue weighted by Crippen LogP contribution is -2.39. The summed E-state index contributed by atoms with van der Waals surface area (Å²) in [6, 6.07) is 2.55. The maximum absolute atomic E-state index is 12.0. The van der Waals surface area contributed by atoms with Crippen LogP contribution in [-0.4, -0.2) is 41.7 Å². The highest BCUT2D eigenvalue weighted by Crippen LogP contribution is 2.20. The molecule has 1 aromatic heterocycles. The summed E-state index contributed by atoms with van der Waals surface area (Å²) in [5, 5.41) is 14.0. The van der Waals surface area contributed by atoms with Crippen LogP contribution in [0.25, 0.3) is 0 Å². The fraction of sp³-hybridized carbons (Fsp3) is 0.667.